The van der Waals surface area contributed by atoms with Gasteiger partial charge in [0.05, 0.1) is 30.9 Å². The number of nitrogens with zero attached hydrogens (tertiary/aromatic N) is 2. The summed E-state index contributed by atoms with van der Waals surface area (Å²) in [5.41, 5.74) is 2.31. The Hall–Kier alpha value is -2.38. The summed E-state index contributed by atoms with van der Waals surface area (Å²) < 4.78 is 16.7. The highest BCUT2D eigenvalue weighted by atomic mass is 16.6. The predicted molar refractivity (Wildman–Crippen MR) is 127 cm³/mol. The van der Waals surface area contributed by atoms with Gasteiger partial charge < -0.3 is 19.1 Å². The molecule has 0 aliphatic carbocycles. The van der Waals surface area contributed by atoms with Crippen molar-refractivity contribution in [3.63, 3.8) is 0 Å². The minimum Gasteiger partial charge on any atom is -0.462 e. The van der Waals surface area contributed by atoms with Crippen molar-refractivity contribution in [1.82, 2.24) is 9.80 Å². The van der Waals surface area contributed by atoms with Gasteiger partial charge >= 0.3 is 12.1 Å². The minimum absolute atomic E-state index is 0. The van der Waals surface area contributed by atoms with Crippen molar-refractivity contribution < 1.29 is 25.2 Å². The van der Waals surface area contributed by atoms with Gasteiger partial charge in [-0.25, -0.2) is 9.59 Å². The number of carbonyl (C=O) groups excluding carboxylic acids is 2. The van der Waals surface area contributed by atoms with Crippen LogP contribution in [0.15, 0.2) is 31.4 Å². The maximum atomic E-state index is 12.3. The summed E-state index contributed by atoms with van der Waals surface area (Å²) in [6.07, 6.45) is 0.474. The Morgan fingerprint density at radius 3 is 2.59 bits per heavy atom. The van der Waals surface area contributed by atoms with E-state index >= 15 is 0 Å². The van der Waals surface area contributed by atoms with Crippen LogP contribution in [0, 0.1) is 0 Å². The third-order valence-electron chi connectivity index (χ3n) is 5.47. The monoisotopic (exact) mass is 448 g/mol. The quantitative estimate of drug-likeness (QED) is 0.467. The standard InChI is InChI=1S/C21H28N2O5.C2H6.C2H4.H2/c1-21(2,3)28-20(25)23-8-7-22-12-18(27-13-16(22)11-23)15-4-5-17-14(10-15)6-9-26-19(17)24;2*1-2;/h4-5,10,16,18H,6-9,11-13H2,1-3H3;1-2H3;1-2H2;1H/t16-,18-;;;/m0.../s1. The molecule has 0 radical (unpaired) electrons. The number of piperazine rings is 1. The lowest BCUT2D eigenvalue weighted by Gasteiger charge is -2.46. The third-order valence-corrected chi connectivity index (χ3v) is 5.47. The number of fused-ring (bicyclic) bond motifs is 2. The van der Waals surface area contributed by atoms with Crippen molar-refractivity contribution in [1.29, 1.82) is 0 Å². The normalized spacial score (nSPS) is 22.7. The zero-order valence-corrected chi connectivity index (χ0v) is 20.2. The van der Waals surface area contributed by atoms with Crippen molar-refractivity contribution in [2.24, 2.45) is 0 Å². The van der Waals surface area contributed by atoms with Gasteiger partial charge in [-0.05, 0) is 38.0 Å². The molecule has 4 rings (SSSR count). The number of carbonyl (C=O) groups is 2. The van der Waals surface area contributed by atoms with Crippen LogP contribution in [0.25, 0.3) is 0 Å². The molecular weight excluding hydrogens is 408 g/mol. The second kappa shape index (κ2) is 11.5. The maximum absolute atomic E-state index is 12.3. The molecule has 2 saturated heterocycles. The molecule has 3 aliphatic rings. The fraction of sp³-hybridized carbons (Fsp3) is 0.600. The SMILES string of the molecule is C=C.CC.CC(C)(C)OC(=O)N1CCN2C[C@@H](c3ccc4c(c3)CCOC4=O)OC[C@@H]2C1.[HH]. The molecule has 0 bridgehead atoms. The van der Waals surface area contributed by atoms with E-state index in [1.54, 1.807) is 4.90 Å². The number of hydrogen-bond acceptors (Lipinski definition) is 6. The number of esters is 1. The number of cyclic esters (lactones) is 1. The van der Waals surface area contributed by atoms with Gasteiger partial charge in [-0.1, -0.05) is 26.0 Å². The molecule has 2 fully saturated rings. The van der Waals surface area contributed by atoms with Crippen LogP contribution in [0.3, 0.4) is 0 Å². The summed E-state index contributed by atoms with van der Waals surface area (Å²) in [4.78, 5) is 28.3. The lowest BCUT2D eigenvalue weighted by atomic mass is 9.96. The van der Waals surface area contributed by atoms with Crippen molar-refractivity contribution >= 4 is 12.1 Å². The van der Waals surface area contributed by atoms with Crippen LogP contribution >= 0.6 is 0 Å². The lowest BCUT2D eigenvalue weighted by Crippen LogP contribution is -2.60. The van der Waals surface area contributed by atoms with E-state index < -0.39 is 5.60 Å². The molecule has 180 valence electrons. The Balaban J connectivity index is 0.00000103. The van der Waals surface area contributed by atoms with Gasteiger partial charge in [0.15, 0.2) is 0 Å². The van der Waals surface area contributed by atoms with Crippen molar-refractivity contribution in [3.8, 4) is 0 Å². The van der Waals surface area contributed by atoms with Crippen LogP contribution < -0.4 is 0 Å². The van der Waals surface area contributed by atoms with Crippen LogP contribution in [0.5, 0.6) is 0 Å². The van der Waals surface area contributed by atoms with E-state index in [9.17, 15) is 9.59 Å². The molecule has 0 unspecified atom stereocenters. The molecule has 1 aromatic rings. The summed E-state index contributed by atoms with van der Waals surface area (Å²) >= 11 is 0. The number of amides is 1. The minimum atomic E-state index is -0.485. The number of rotatable bonds is 1. The summed E-state index contributed by atoms with van der Waals surface area (Å²) in [6, 6.07) is 6.08. The topological polar surface area (TPSA) is 68.3 Å². The van der Waals surface area contributed by atoms with E-state index in [0.717, 1.165) is 30.6 Å². The van der Waals surface area contributed by atoms with Crippen molar-refractivity contribution in [3.05, 3.63) is 48.0 Å². The summed E-state index contributed by atoms with van der Waals surface area (Å²) in [5, 5.41) is 0. The maximum Gasteiger partial charge on any atom is 0.410 e. The van der Waals surface area contributed by atoms with E-state index in [0.29, 0.717) is 31.9 Å². The Kier molecular flexibility index (Phi) is 9.28. The van der Waals surface area contributed by atoms with Gasteiger partial charge in [0.25, 0.3) is 0 Å². The molecule has 7 heteroatoms. The van der Waals surface area contributed by atoms with Crippen LogP contribution in [0.2, 0.25) is 0 Å². The van der Waals surface area contributed by atoms with Crippen molar-refractivity contribution in [2.75, 3.05) is 39.4 Å². The van der Waals surface area contributed by atoms with E-state index in [4.69, 9.17) is 14.2 Å². The van der Waals surface area contributed by atoms with Gasteiger partial charge in [-0.2, -0.15) is 0 Å². The smallest absolute Gasteiger partial charge is 0.410 e. The van der Waals surface area contributed by atoms with Gasteiger partial charge in [-0.15, -0.1) is 13.2 Å². The van der Waals surface area contributed by atoms with E-state index in [1.807, 2.05) is 46.8 Å². The Labute approximate surface area is 193 Å². The first-order valence-corrected chi connectivity index (χ1v) is 11.4. The highest BCUT2D eigenvalue weighted by molar-refractivity contribution is 5.92. The molecule has 1 amide bonds. The van der Waals surface area contributed by atoms with Crippen LogP contribution in [0.4, 0.5) is 4.79 Å². The number of hydrogen-bond donors (Lipinski definition) is 0. The Morgan fingerprint density at radius 1 is 1.19 bits per heavy atom. The molecule has 1 aromatic carbocycles. The van der Waals surface area contributed by atoms with E-state index in [2.05, 4.69) is 24.1 Å². The molecule has 7 nitrogen and oxygen atoms in total. The molecule has 0 saturated carbocycles. The third kappa shape index (κ3) is 6.33. The molecule has 0 aromatic heterocycles. The lowest BCUT2D eigenvalue weighted by molar-refractivity contribution is -0.0906. The van der Waals surface area contributed by atoms with Crippen LogP contribution in [-0.2, 0) is 20.6 Å². The molecule has 2 atom stereocenters. The largest absolute Gasteiger partial charge is 0.462 e. The number of morpholine rings is 1. The highest BCUT2D eigenvalue weighted by Crippen LogP contribution is 2.29. The highest BCUT2D eigenvalue weighted by Gasteiger charge is 2.37. The Bertz CT molecular complexity index is 795. The van der Waals surface area contributed by atoms with E-state index in [-0.39, 0.29) is 25.6 Å². The molecule has 3 heterocycles. The summed E-state index contributed by atoms with van der Waals surface area (Å²) in [5.74, 6) is -0.240. The first-order chi connectivity index (χ1) is 15.3. The molecule has 0 spiro atoms. The van der Waals surface area contributed by atoms with Gasteiger partial charge in [-0.3, -0.25) is 4.90 Å². The molecule has 0 N–H and O–H groups in total. The predicted octanol–water partition coefficient (Wildman–Crippen LogP) is 4.47. The number of benzene rings is 1. The summed E-state index contributed by atoms with van der Waals surface area (Å²) in [7, 11) is 0. The second-order valence-electron chi connectivity index (χ2n) is 8.70. The number of ether oxygens (including phenoxy) is 3. The average molecular weight is 449 g/mol. The van der Waals surface area contributed by atoms with Gasteiger partial charge in [0.1, 0.15) is 5.60 Å². The first-order valence-electron chi connectivity index (χ1n) is 11.4. The first kappa shape index (κ1) is 25.9. The van der Waals surface area contributed by atoms with Crippen LogP contribution in [0.1, 0.15) is 63.6 Å². The Morgan fingerprint density at radius 2 is 1.91 bits per heavy atom. The molecule has 3 aliphatic heterocycles. The van der Waals surface area contributed by atoms with Gasteiger partial charge in [0, 0.05) is 34.0 Å². The van der Waals surface area contributed by atoms with Crippen molar-refractivity contribution in [2.45, 2.75) is 58.8 Å². The fourth-order valence-electron chi connectivity index (χ4n) is 4.03. The fourth-order valence-corrected chi connectivity index (χ4v) is 4.03. The summed E-state index contributed by atoms with van der Waals surface area (Å²) in [6.45, 7) is 19.5. The average Bonchev–Trinajstić information content (AvgIpc) is 2.80. The second-order valence-corrected chi connectivity index (χ2v) is 8.70. The zero-order chi connectivity index (χ0) is 23.9. The molecule has 32 heavy (non-hydrogen) atoms. The van der Waals surface area contributed by atoms with Gasteiger partial charge in [0.2, 0.25) is 0 Å². The molecular formula is C25H40N2O5. The van der Waals surface area contributed by atoms with Crippen LogP contribution in [-0.4, -0.2) is 72.9 Å². The van der Waals surface area contributed by atoms with E-state index in [1.165, 1.54) is 0 Å². The zero-order valence-electron chi connectivity index (χ0n) is 20.2.